The lowest BCUT2D eigenvalue weighted by Gasteiger charge is -2.40. The molecule has 1 rings (SSSR count). The van der Waals surface area contributed by atoms with Gasteiger partial charge in [0, 0.05) is 13.2 Å². The highest BCUT2D eigenvalue weighted by Gasteiger charge is 2.43. The number of aliphatic hydroxyl groups is 3. The van der Waals surface area contributed by atoms with Gasteiger partial charge in [-0.05, 0) is 18.9 Å². The molecule has 0 radical (unpaired) electrons. The molecule has 1 heterocycles. The smallest absolute Gasteiger partial charge is 0.186 e. The standard InChI is InChI=1S/C14H29NO5/c1-4-5-6-19-14-13(18)12(17)11(16)10(20-14)8-15-7-9(2)3/h9-18H,4-8H2,1-3H3/t10-,11-,12+,13-,14+/m1/s1. The van der Waals surface area contributed by atoms with E-state index in [1.54, 1.807) is 0 Å². The maximum atomic E-state index is 9.93. The van der Waals surface area contributed by atoms with Gasteiger partial charge in [-0.15, -0.1) is 0 Å². The van der Waals surface area contributed by atoms with Gasteiger partial charge in [0.15, 0.2) is 6.29 Å². The molecule has 0 spiro atoms. The first-order chi connectivity index (χ1) is 9.47. The first kappa shape index (κ1) is 17.8. The third kappa shape index (κ3) is 5.27. The van der Waals surface area contributed by atoms with Crippen LogP contribution in [0.4, 0.5) is 0 Å². The van der Waals surface area contributed by atoms with Crippen molar-refractivity contribution in [2.24, 2.45) is 5.92 Å². The fourth-order valence-electron chi connectivity index (χ4n) is 2.08. The molecule has 4 N–H and O–H groups in total. The lowest BCUT2D eigenvalue weighted by atomic mass is 9.98. The maximum absolute atomic E-state index is 9.93. The molecule has 20 heavy (non-hydrogen) atoms. The van der Waals surface area contributed by atoms with E-state index >= 15 is 0 Å². The zero-order valence-corrected chi connectivity index (χ0v) is 12.7. The first-order valence-corrected chi connectivity index (χ1v) is 7.49. The van der Waals surface area contributed by atoms with Crippen LogP contribution in [0.1, 0.15) is 33.6 Å². The van der Waals surface area contributed by atoms with Gasteiger partial charge in [-0.25, -0.2) is 0 Å². The average molecular weight is 291 g/mol. The summed E-state index contributed by atoms with van der Waals surface area (Å²) in [5.41, 5.74) is 0. The maximum Gasteiger partial charge on any atom is 0.186 e. The Hall–Kier alpha value is -0.240. The molecule has 1 fully saturated rings. The van der Waals surface area contributed by atoms with Gasteiger partial charge >= 0.3 is 0 Å². The summed E-state index contributed by atoms with van der Waals surface area (Å²) in [6.07, 6.45) is -3.21. The van der Waals surface area contributed by atoms with Crippen molar-refractivity contribution in [2.75, 3.05) is 19.7 Å². The number of rotatable bonds is 8. The highest BCUT2D eigenvalue weighted by Crippen LogP contribution is 2.22. The summed E-state index contributed by atoms with van der Waals surface area (Å²) in [4.78, 5) is 0. The van der Waals surface area contributed by atoms with E-state index in [1.807, 2.05) is 6.92 Å². The van der Waals surface area contributed by atoms with Crippen molar-refractivity contribution in [3.8, 4) is 0 Å². The van der Waals surface area contributed by atoms with Crippen LogP contribution >= 0.6 is 0 Å². The summed E-state index contributed by atoms with van der Waals surface area (Å²) < 4.78 is 11.0. The number of ether oxygens (including phenoxy) is 2. The van der Waals surface area contributed by atoms with E-state index in [2.05, 4.69) is 19.2 Å². The van der Waals surface area contributed by atoms with Crippen LogP contribution in [-0.2, 0) is 9.47 Å². The number of unbranched alkanes of at least 4 members (excludes halogenated alkanes) is 1. The summed E-state index contributed by atoms with van der Waals surface area (Å²) in [6.45, 7) is 7.89. The minimum atomic E-state index is -1.25. The molecule has 5 atom stereocenters. The van der Waals surface area contributed by atoms with Gasteiger partial charge in [0.05, 0.1) is 0 Å². The number of aliphatic hydroxyl groups excluding tert-OH is 3. The molecular weight excluding hydrogens is 262 g/mol. The van der Waals surface area contributed by atoms with Gasteiger partial charge in [-0.1, -0.05) is 27.2 Å². The Balaban J connectivity index is 2.47. The highest BCUT2D eigenvalue weighted by molar-refractivity contribution is 4.90. The van der Waals surface area contributed by atoms with Crippen LogP contribution in [-0.4, -0.2) is 65.7 Å². The van der Waals surface area contributed by atoms with Gasteiger partial charge in [-0.2, -0.15) is 0 Å². The summed E-state index contributed by atoms with van der Waals surface area (Å²) in [5.74, 6) is 0.489. The van der Waals surface area contributed by atoms with Crippen LogP contribution < -0.4 is 5.32 Å². The Kier molecular flexibility index (Phi) is 7.94. The molecule has 6 heteroatoms. The second-order valence-electron chi connectivity index (χ2n) is 5.79. The monoisotopic (exact) mass is 291 g/mol. The molecule has 0 saturated carbocycles. The molecule has 0 unspecified atom stereocenters. The van der Waals surface area contributed by atoms with Gasteiger partial charge in [-0.3, -0.25) is 0 Å². The minimum Gasteiger partial charge on any atom is -0.388 e. The van der Waals surface area contributed by atoms with E-state index in [9.17, 15) is 15.3 Å². The van der Waals surface area contributed by atoms with E-state index < -0.39 is 30.7 Å². The molecule has 0 aromatic rings. The van der Waals surface area contributed by atoms with Crippen molar-refractivity contribution in [1.82, 2.24) is 5.32 Å². The lowest BCUT2D eigenvalue weighted by Crippen LogP contribution is -2.60. The fourth-order valence-corrected chi connectivity index (χ4v) is 2.08. The van der Waals surface area contributed by atoms with Crippen LogP contribution in [0, 0.1) is 5.92 Å². The topological polar surface area (TPSA) is 91.2 Å². The zero-order chi connectivity index (χ0) is 15.1. The van der Waals surface area contributed by atoms with E-state index in [-0.39, 0.29) is 0 Å². The molecule has 0 aliphatic carbocycles. The molecule has 1 saturated heterocycles. The SMILES string of the molecule is CCCCO[C@H]1O[C@H](CNCC(C)C)[C@@H](O)[C@H](O)[C@H]1O. The van der Waals surface area contributed by atoms with Crippen LogP contribution in [0.2, 0.25) is 0 Å². The van der Waals surface area contributed by atoms with E-state index in [1.165, 1.54) is 0 Å². The molecule has 1 aliphatic heterocycles. The number of hydrogen-bond acceptors (Lipinski definition) is 6. The van der Waals surface area contributed by atoms with Crippen LogP contribution in [0.25, 0.3) is 0 Å². The molecule has 0 aromatic carbocycles. The van der Waals surface area contributed by atoms with Gasteiger partial charge in [0.25, 0.3) is 0 Å². The second-order valence-corrected chi connectivity index (χ2v) is 5.79. The molecular formula is C14H29NO5. The van der Waals surface area contributed by atoms with Crippen LogP contribution in [0.5, 0.6) is 0 Å². The van der Waals surface area contributed by atoms with Crippen molar-refractivity contribution in [3.63, 3.8) is 0 Å². The van der Waals surface area contributed by atoms with E-state index in [0.29, 0.717) is 19.1 Å². The Morgan fingerprint density at radius 1 is 1.15 bits per heavy atom. The number of nitrogens with one attached hydrogen (secondary N) is 1. The molecule has 120 valence electrons. The van der Waals surface area contributed by atoms with Crippen molar-refractivity contribution < 1.29 is 24.8 Å². The average Bonchev–Trinajstić information content (AvgIpc) is 2.40. The Labute approximate surface area is 121 Å². The molecule has 0 aromatic heterocycles. The normalized spacial score (nSPS) is 34.6. The zero-order valence-electron chi connectivity index (χ0n) is 12.7. The third-order valence-corrected chi connectivity index (χ3v) is 3.35. The summed E-state index contributed by atoms with van der Waals surface area (Å²) in [6, 6.07) is 0. The summed E-state index contributed by atoms with van der Waals surface area (Å²) in [5, 5.41) is 32.8. The van der Waals surface area contributed by atoms with Crippen molar-refractivity contribution in [3.05, 3.63) is 0 Å². The summed E-state index contributed by atoms with van der Waals surface area (Å²) >= 11 is 0. The van der Waals surface area contributed by atoms with Crippen LogP contribution in [0.3, 0.4) is 0 Å². The highest BCUT2D eigenvalue weighted by atomic mass is 16.7. The Morgan fingerprint density at radius 2 is 1.85 bits per heavy atom. The third-order valence-electron chi connectivity index (χ3n) is 3.35. The van der Waals surface area contributed by atoms with Gasteiger partial charge < -0.3 is 30.1 Å². The van der Waals surface area contributed by atoms with Gasteiger partial charge in [0.1, 0.15) is 24.4 Å². The quantitative estimate of drug-likeness (QED) is 0.465. The van der Waals surface area contributed by atoms with Crippen molar-refractivity contribution >= 4 is 0 Å². The summed E-state index contributed by atoms with van der Waals surface area (Å²) in [7, 11) is 0. The predicted octanol–water partition coefficient (Wildman–Crippen LogP) is -0.144. The number of hydrogen-bond donors (Lipinski definition) is 4. The Morgan fingerprint density at radius 3 is 2.45 bits per heavy atom. The largest absolute Gasteiger partial charge is 0.388 e. The second kappa shape index (κ2) is 8.92. The van der Waals surface area contributed by atoms with E-state index in [4.69, 9.17) is 9.47 Å². The predicted molar refractivity (Wildman–Crippen MR) is 75.2 cm³/mol. The molecule has 0 amide bonds. The Bertz CT molecular complexity index is 264. The molecule has 1 aliphatic rings. The van der Waals surface area contributed by atoms with Crippen molar-refractivity contribution in [2.45, 2.75) is 64.3 Å². The van der Waals surface area contributed by atoms with Crippen LogP contribution in [0.15, 0.2) is 0 Å². The lowest BCUT2D eigenvalue weighted by molar-refractivity contribution is -0.295. The van der Waals surface area contributed by atoms with Gasteiger partial charge in [0.2, 0.25) is 0 Å². The van der Waals surface area contributed by atoms with E-state index in [0.717, 1.165) is 19.4 Å². The van der Waals surface area contributed by atoms with Crippen molar-refractivity contribution in [1.29, 1.82) is 0 Å². The molecule has 6 nitrogen and oxygen atoms in total. The first-order valence-electron chi connectivity index (χ1n) is 7.49. The minimum absolute atomic E-state index is 0.413. The fraction of sp³-hybridized carbons (Fsp3) is 1.00. The molecule has 0 bridgehead atoms.